The number of aromatic nitrogens is 1. The maximum Gasteiger partial charge on any atom is 0.337 e. The Balaban J connectivity index is 1.86. The van der Waals surface area contributed by atoms with E-state index in [1.807, 2.05) is 0 Å². The van der Waals surface area contributed by atoms with Crippen molar-refractivity contribution in [3.05, 3.63) is 63.8 Å². The monoisotopic (exact) mass is 359 g/mol. The van der Waals surface area contributed by atoms with Gasteiger partial charge in [0.15, 0.2) is 5.17 Å². The number of amidine groups is 1. The van der Waals surface area contributed by atoms with Crippen LogP contribution in [0.3, 0.4) is 0 Å². The van der Waals surface area contributed by atoms with Crippen LogP contribution in [0.2, 0.25) is 5.02 Å². The summed E-state index contributed by atoms with van der Waals surface area (Å²) in [6.07, 6.45) is 5.01. The lowest BCUT2D eigenvalue weighted by Gasteiger charge is -2.01. The summed E-state index contributed by atoms with van der Waals surface area (Å²) < 4.78 is 0. The van der Waals surface area contributed by atoms with E-state index >= 15 is 0 Å². The number of benzene rings is 1. The number of pyridine rings is 1. The van der Waals surface area contributed by atoms with Crippen molar-refractivity contribution in [3.63, 3.8) is 0 Å². The molecule has 0 bridgehead atoms. The van der Waals surface area contributed by atoms with Crippen LogP contribution in [0.25, 0.3) is 6.08 Å². The first kappa shape index (κ1) is 16.2. The zero-order valence-electron chi connectivity index (χ0n) is 12.1. The predicted octanol–water partition coefficient (Wildman–Crippen LogP) is 3.32. The van der Waals surface area contributed by atoms with Gasteiger partial charge in [0.1, 0.15) is 0 Å². The first-order chi connectivity index (χ1) is 11.5. The first-order valence-corrected chi connectivity index (χ1v) is 7.95. The molecule has 0 spiro atoms. The van der Waals surface area contributed by atoms with Crippen LogP contribution in [0.5, 0.6) is 0 Å². The van der Waals surface area contributed by atoms with Gasteiger partial charge in [-0.1, -0.05) is 11.6 Å². The molecule has 1 fully saturated rings. The molecule has 0 saturated carbocycles. The number of carbonyl (C=O) groups is 2. The number of rotatable bonds is 3. The molecule has 6 nitrogen and oxygen atoms in total. The third-order valence-corrected chi connectivity index (χ3v) is 4.31. The second-order valence-electron chi connectivity index (χ2n) is 4.73. The Labute approximate surface area is 146 Å². The molecule has 2 N–H and O–H groups in total. The highest BCUT2D eigenvalue weighted by Crippen LogP contribution is 2.29. The number of amides is 1. The fourth-order valence-electron chi connectivity index (χ4n) is 1.96. The van der Waals surface area contributed by atoms with Crippen LogP contribution in [-0.4, -0.2) is 27.1 Å². The van der Waals surface area contributed by atoms with E-state index in [0.717, 1.165) is 5.56 Å². The second-order valence-corrected chi connectivity index (χ2v) is 6.17. The Morgan fingerprint density at radius 3 is 2.75 bits per heavy atom. The van der Waals surface area contributed by atoms with E-state index in [4.69, 9.17) is 16.7 Å². The SMILES string of the molecule is O=C1NC(=Nc2ccc(Cl)c(C(=O)O)c2)S/C1=C\c1ccncc1. The fourth-order valence-corrected chi connectivity index (χ4v) is 3.00. The Kier molecular flexibility index (Phi) is 4.64. The van der Waals surface area contributed by atoms with Crippen molar-refractivity contribution in [2.24, 2.45) is 4.99 Å². The molecule has 1 aliphatic rings. The molecule has 1 amide bonds. The number of carboxylic acids is 1. The minimum Gasteiger partial charge on any atom is -0.478 e. The van der Waals surface area contributed by atoms with Gasteiger partial charge in [-0.3, -0.25) is 9.78 Å². The zero-order chi connectivity index (χ0) is 17.1. The number of nitrogens with one attached hydrogen (secondary N) is 1. The van der Waals surface area contributed by atoms with Crippen molar-refractivity contribution in [2.45, 2.75) is 0 Å². The minimum atomic E-state index is -1.14. The largest absolute Gasteiger partial charge is 0.478 e. The maximum absolute atomic E-state index is 12.0. The smallest absolute Gasteiger partial charge is 0.337 e. The maximum atomic E-state index is 12.0. The molecule has 0 atom stereocenters. The third-order valence-electron chi connectivity index (χ3n) is 3.07. The molecule has 2 aromatic rings. The van der Waals surface area contributed by atoms with Crippen LogP contribution < -0.4 is 5.32 Å². The third kappa shape index (κ3) is 3.64. The minimum absolute atomic E-state index is 0.0413. The lowest BCUT2D eigenvalue weighted by molar-refractivity contribution is -0.115. The van der Waals surface area contributed by atoms with Crippen molar-refractivity contribution in [2.75, 3.05) is 0 Å². The molecule has 1 aromatic heterocycles. The molecule has 1 saturated heterocycles. The predicted molar refractivity (Wildman–Crippen MR) is 93.5 cm³/mol. The van der Waals surface area contributed by atoms with E-state index in [0.29, 0.717) is 15.8 Å². The average Bonchev–Trinajstić information content (AvgIpc) is 2.89. The van der Waals surface area contributed by atoms with E-state index < -0.39 is 5.97 Å². The molecule has 3 rings (SSSR count). The lowest BCUT2D eigenvalue weighted by atomic mass is 10.2. The molecule has 24 heavy (non-hydrogen) atoms. The lowest BCUT2D eigenvalue weighted by Crippen LogP contribution is -2.19. The highest BCUT2D eigenvalue weighted by molar-refractivity contribution is 8.18. The Morgan fingerprint density at radius 2 is 2.04 bits per heavy atom. The summed E-state index contributed by atoms with van der Waals surface area (Å²) in [5.74, 6) is -1.40. The number of aromatic carboxylic acids is 1. The second kappa shape index (κ2) is 6.86. The number of thioether (sulfide) groups is 1. The molecular weight excluding hydrogens is 350 g/mol. The van der Waals surface area contributed by atoms with Crippen LogP contribution in [0.15, 0.2) is 52.6 Å². The summed E-state index contributed by atoms with van der Waals surface area (Å²) in [4.78, 5) is 31.8. The van der Waals surface area contributed by atoms with Crippen LogP contribution in [0.1, 0.15) is 15.9 Å². The summed E-state index contributed by atoms with van der Waals surface area (Å²) in [5, 5.41) is 12.2. The molecule has 8 heteroatoms. The molecule has 0 radical (unpaired) electrons. The normalized spacial score (nSPS) is 17.3. The highest BCUT2D eigenvalue weighted by atomic mass is 35.5. The number of carbonyl (C=O) groups excluding carboxylic acids is 1. The molecule has 1 aromatic carbocycles. The van der Waals surface area contributed by atoms with Gasteiger partial charge in [0.25, 0.3) is 5.91 Å². The zero-order valence-corrected chi connectivity index (χ0v) is 13.6. The number of hydrogen-bond donors (Lipinski definition) is 2. The van der Waals surface area contributed by atoms with Crippen molar-refractivity contribution in [1.29, 1.82) is 0 Å². The molecule has 0 unspecified atom stereocenters. The number of hydrogen-bond acceptors (Lipinski definition) is 5. The summed E-state index contributed by atoms with van der Waals surface area (Å²) in [6, 6.07) is 7.97. The van der Waals surface area contributed by atoms with Gasteiger partial charge in [-0.2, -0.15) is 0 Å². The van der Waals surface area contributed by atoms with Gasteiger partial charge in [-0.25, -0.2) is 9.79 Å². The molecule has 1 aliphatic heterocycles. The van der Waals surface area contributed by atoms with Gasteiger partial charge in [0, 0.05) is 12.4 Å². The van der Waals surface area contributed by atoms with Crippen LogP contribution >= 0.6 is 23.4 Å². The molecule has 0 aliphatic carbocycles. The van der Waals surface area contributed by atoms with Crippen LogP contribution in [0.4, 0.5) is 5.69 Å². The van der Waals surface area contributed by atoms with Gasteiger partial charge in [-0.15, -0.1) is 0 Å². The number of carboxylic acid groups (broad SMARTS) is 1. The number of aliphatic imine (C=N–C) groups is 1. The van der Waals surface area contributed by atoms with E-state index in [1.54, 1.807) is 36.7 Å². The first-order valence-electron chi connectivity index (χ1n) is 6.75. The number of halogens is 1. The van der Waals surface area contributed by atoms with Crippen molar-refractivity contribution < 1.29 is 14.7 Å². The van der Waals surface area contributed by atoms with Crippen LogP contribution in [-0.2, 0) is 4.79 Å². The molecule has 120 valence electrons. The summed E-state index contributed by atoms with van der Waals surface area (Å²) in [6.45, 7) is 0. The van der Waals surface area contributed by atoms with Crippen molar-refractivity contribution >= 4 is 52.2 Å². The van der Waals surface area contributed by atoms with Gasteiger partial charge in [0.2, 0.25) is 0 Å². The Morgan fingerprint density at radius 1 is 1.29 bits per heavy atom. The summed E-state index contributed by atoms with van der Waals surface area (Å²) in [5.41, 5.74) is 1.20. The van der Waals surface area contributed by atoms with E-state index in [1.165, 1.54) is 23.9 Å². The van der Waals surface area contributed by atoms with E-state index in [-0.39, 0.29) is 16.5 Å². The van der Waals surface area contributed by atoms with Crippen molar-refractivity contribution in [1.82, 2.24) is 10.3 Å². The standard InChI is InChI=1S/C16H10ClN3O3S/c17-12-2-1-10(8-11(12)15(22)23)19-16-20-14(21)13(24-16)7-9-3-5-18-6-4-9/h1-8H,(H,22,23)(H,19,20,21)/b13-7-. The van der Waals surface area contributed by atoms with Crippen LogP contribution in [0, 0.1) is 0 Å². The topological polar surface area (TPSA) is 91.7 Å². The quantitative estimate of drug-likeness (QED) is 0.820. The highest BCUT2D eigenvalue weighted by Gasteiger charge is 2.24. The van der Waals surface area contributed by atoms with Gasteiger partial charge < -0.3 is 10.4 Å². The Bertz CT molecular complexity index is 881. The van der Waals surface area contributed by atoms with E-state index in [9.17, 15) is 9.59 Å². The fraction of sp³-hybridized carbons (Fsp3) is 0. The summed E-state index contributed by atoms with van der Waals surface area (Å²) >= 11 is 7.00. The molecule has 2 heterocycles. The van der Waals surface area contributed by atoms with E-state index in [2.05, 4.69) is 15.3 Å². The summed E-state index contributed by atoms with van der Waals surface area (Å²) in [7, 11) is 0. The number of nitrogens with zero attached hydrogens (tertiary/aromatic N) is 2. The van der Waals surface area contributed by atoms with Gasteiger partial charge in [-0.05, 0) is 53.7 Å². The average molecular weight is 360 g/mol. The van der Waals surface area contributed by atoms with Gasteiger partial charge in [0.05, 0.1) is 21.2 Å². The molecular formula is C16H10ClN3O3S. The Hall–Kier alpha value is -2.64. The van der Waals surface area contributed by atoms with Crippen molar-refractivity contribution in [3.8, 4) is 0 Å². The van der Waals surface area contributed by atoms with Gasteiger partial charge >= 0.3 is 5.97 Å².